The smallest absolute Gasteiger partial charge is 0.271 e. The normalized spacial score (nSPS) is 18.7. The highest BCUT2D eigenvalue weighted by Gasteiger charge is 2.32. The molecule has 0 N–H and O–H groups in total. The van der Waals surface area contributed by atoms with Gasteiger partial charge in [0.2, 0.25) is 0 Å². The summed E-state index contributed by atoms with van der Waals surface area (Å²) in [6, 6.07) is 4.58. The number of carbonyl (C=O) groups excluding carboxylic acids is 1. The zero-order valence-electron chi connectivity index (χ0n) is 12.3. The molecule has 21 heavy (non-hydrogen) atoms. The van der Waals surface area contributed by atoms with Gasteiger partial charge in [-0.1, -0.05) is 0 Å². The highest BCUT2D eigenvalue weighted by atomic mass is 79.9. The third-order valence-corrected chi connectivity index (χ3v) is 5.17. The van der Waals surface area contributed by atoms with Crippen molar-refractivity contribution >= 4 is 33.2 Å². The van der Waals surface area contributed by atoms with Gasteiger partial charge in [0.1, 0.15) is 5.69 Å². The van der Waals surface area contributed by atoms with E-state index in [1.54, 1.807) is 11.3 Å². The van der Waals surface area contributed by atoms with Gasteiger partial charge in [-0.2, -0.15) is 11.3 Å². The van der Waals surface area contributed by atoms with Crippen molar-refractivity contribution in [1.29, 1.82) is 0 Å². The maximum Gasteiger partial charge on any atom is 0.271 e. The molecule has 3 rings (SSSR count). The number of carbonyl (C=O) groups is 1. The molecule has 3 nitrogen and oxygen atoms in total. The molecule has 0 saturated carbocycles. The second-order valence-electron chi connectivity index (χ2n) is 5.76. The van der Waals surface area contributed by atoms with E-state index in [9.17, 15) is 4.79 Å². The molecule has 5 heteroatoms. The first kappa shape index (κ1) is 14.9. The lowest BCUT2D eigenvalue weighted by Gasteiger charge is -2.25. The Morgan fingerprint density at radius 3 is 2.95 bits per heavy atom. The van der Waals surface area contributed by atoms with Crippen molar-refractivity contribution in [2.45, 2.75) is 38.8 Å². The Balaban J connectivity index is 1.91. The van der Waals surface area contributed by atoms with Crippen molar-refractivity contribution in [2.75, 3.05) is 6.54 Å². The fraction of sp³-hybridized carbons (Fsp3) is 0.438. The lowest BCUT2D eigenvalue weighted by Crippen LogP contribution is -2.32. The summed E-state index contributed by atoms with van der Waals surface area (Å²) in [4.78, 5) is 15.0. The first-order chi connectivity index (χ1) is 10.1. The van der Waals surface area contributed by atoms with Crippen LogP contribution < -0.4 is 0 Å². The van der Waals surface area contributed by atoms with Gasteiger partial charge in [-0.05, 0) is 71.1 Å². The number of rotatable bonds is 3. The number of amides is 1. The van der Waals surface area contributed by atoms with Crippen LogP contribution in [0.4, 0.5) is 0 Å². The quantitative estimate of drug-likeness (QED) is 0.760. The number of aromatic nitrogens is 1. The molecule has 2 aromatic rings. The van der Waals surface area contributed by atoms with E-state index in [1.165, 1.54) is 5.56 Å². The summed E-state index contributed by atoms with van der Waals surface area (Å²) in [7, 11) is 0. The van der Waals surface area contributed by atoms with Crippen LogP contribution in [0.3, 0.4) is 0 Å². The minimum absolute atomic E-state index is 0.142. The van der Waals surface area contributed by atoms with Crippen LogP contribution in [-0.4, -0.2) is 21.9 Å². The second kappa shape index (κ2) is 5.97. The van der Waals surface area contributed by atoms with Gasteiger partial charge in [0.05, 0.1) is 6.04 Å². The molecule has 1 aliphatic heterocycles. The molecule has 0 aromatic carbocycles. The number of halogens is 1. The molecule has 0 radical (unpaired) electrons. The summed E-state index contributed by atoms with van der Waals surface area (Å²) in [5.74, 6) is 0.142. The highest BCUT2D eigenvalue weighted by Crippen LogP contribution is 2.35. The lowest BCUT2D eigenvalue weighted by atomic mass is 10.1. The molecule has 112 valence electrons. The molecule has 2 aromatic heterocycles. The van der Waals surface area contributed by atoms with Gasteiger partial charge in [-0.25, -0.2) is 0 Å². The maximum atomic E-state index is 13.0. The van der Waals surface area contributed by atoms with Gasteiger partial charge in [0, 0.05) is 23.3 Å². The van der Waals surface area contributed by atoms with Crippen LogP contribution in [0.25, 0.3) is 0 Å². The number of hydrogen-bond acceptors (Lipinski definition) is 2. The average molecular weight is 367 g/mol. The first-order valence-corrected chi connectivity index (χ1v) is 9.02. The third kappa shape index (κ3) is 2.81. The van der Waals surface area contributed by atoms with Crippen molar-refractivity contribution in [3.63, 3.8) is 0 Å². The van der Waals surface area contributed by atoms with E-state index in [1.807, 2.05) is 17.2 Å². The molecule has 1 unspecified atom stereocenters. The summed E-state index contributed by atoms with van der Waals surface area (Å²) in [6.07, 6.45) is 4.13. The number of likely N-dealkylation sites (tertiary alicyclic amines) is 1. The highest BCUT2D eigenvalue weighted by molar-refractivity contribution is 9.10. The van der Waals surface area contributed by atoms with Gasteiger partial charge in [0.25, 0.3) is 5.91 Å². The predicted octanol–water partition coefficient (Wildman–Crippen LogP) is 4.87. The molecular weight excluding hydrogens is 348 g/mol. The Labute approximate surface area is 137 Å². The fourth-order valence-electron chi connectivity index (χ4n) is 3.01. The zero-order chi connectivity index (χ0) is 15.0. The second-order valence-corrected chi connectivity index (χ2v) is 7.45. The van der Waals surface area contributed by atoms with Gasteiger partial charge < -0.3 is 9.47 Å². The van der Waals surface area contributed by atoms with Crippen LogP contribution in [0, 0.1) is 0 Å². The van der Waals surface area contributed by atoms with Crippen molar-refractivity contribution in [3.05, 3.63) is 44.8 Å². The zero-order valence-corrected chi connectivity index (χ0v) is 14.7. The molecular formula is C16H19BrN2OS. The Hall–Kier alpha value is -1.07. The molecule has 1 aliphatic rings. The van der Waals surface area contributed by atoms with Gasteiger partial charge in [-0.15, -0.1) is 0 Å². The monoisotopic (exact) mass is 366 g/mol. The van der Waals surface area contributed by atoms with E-state index in [0.29, 0.717) is 0 Å². The minimum atomic E-state index is 0.142. The van der Waals surface area contributed by atoms with Crippen molar-refractivity contribution in [1.82, 2.24) is 9.47 Å². The van der Waals surface area contributed by atoms with Crippen LogP contribution in [0.15, 0.2) is 33.6 Å². The van der Waals surface area contributed by atoms with E-state index < -0.39 is 0 Å². The van der Waals surface area contributed by atoms with Crippen LogP contribution >= 0.6 is 27.3 Å². The Morgan fingerprint density at radius 1 is 1.48 bits per heavy atom. The molecule has 1 fully saturated rings. The summed E-state index contributed by atoms with van der Waals surface area (Å²) in [6.45, 7) is 5.05. The summed E-state index contributed by atoms with van der Waals surface area (Å²) >= 11 is 5.19. The molecule has 1 saturated heterocycles. The largest absolute Gasteiger partial charge is 0.340 e. The summed E-state index contributed by atoms with van der Waals surface area (Å²) < 4.78 is 3.01. The van der Waals surface area contributed by atoms with E-state index in [0.717, 1.165) is 29.6 Å². The third-order valence-electron chi connectivity index (χ3n) is 4.03. The van der Waals surface area contributed by atoms with Gasteiger partial charge >= 0.3 is 0 Å². The van der Waals surface area contributed by atoms with Crippen molar-refractivity contribution in [2.24, 2.45) is 0 Å². The molecule has 1 amide bonds. The van der Waals surface area contributed by atoms with Gasteiger partial charge in [-0.3, -0.25) is 4.79 Å². The Bertz CT molecular complexity index is 633. The molecule has 0 spiro atoms. The lowest BCUT2D eigenvalue weighted by molar-refractivity contribution is 0.0723. The number of thiophene rings is 1. The minimum Gasteiger partial charge on any atom is -0.340 e. The predicted molar refractivity (Wildman–Crippen MR) is 89.8 cm³/mol. The topological polar surface area (TPSA) is 25.2 Å². The number of nitrogens with zero attached hydrogens (tertiary/aromatic N) is 2. The van der Waals surface area contributed by atoms with E-state index >= 15 is 0 Å². The van der Waals surface area contributed by atoms with Crippen LogP contribution in [0.2, 0.25) is 0 Å². The Kier molecular flexibility index (Phi) is 4.22. The SMILES string of the molecule is CC(C)n1cc(Br)cc1C(=O)N1CCCC1c1ccsc1. The molecule has 0 aliphatic carbocycles. The van der Waals surface area contributed by atoms with Crippen LogP contribution in [0.1, 0.15) is 54.8 Å². The van der Waals surface area contributed by atoms with E-state index in [-0.39, 0.29) is 18.0 Å². The van der Waals surface area contributed by atoms with E-state index in [4.69, 9.17) is 0 Å². The van der Waals surface area contributed by atoms with Crippen molar-refractivity contribution in [3.8, 4) is 0 Å². The van der Waals surface area contributed by atoms with Crippen LogP contribution in [-0.2, 0) is 0 Å². The maximum absolute atomic E-state index is 13.0. The molecule has 3 heterocycles. The molecule has 0 bridgehead atoms. The summed E-state index contributed by atoms with van der Waals surface area (Å²) in [5.41, 5.74) is 2.05. The van der Waals surface area contributed by atoms with Gasteiger partial charge in [0.15, 0.2) is 0 Å². The summed E-state index contributed by atoms with van der Waals surface area (Å²) in [5, 5.41) is 4.25. The standard InChI is InChI=1S/C16H19BrN2OS/c1-11(2)19-9-13(17)8-15(19)16(20)18-6-3-4-14(18)12-5-7-21-10-12/h5,7-11,14H,3-4,6H2,1-2H3. The van der Waals surface area contributed by atoms with E-state index in [2.05, 4.69) is 51.2 Å². The number of hydrogen-bond donors (Lipinski definition) is 0. The van der Waals surface area contributed by atoms with Crippen LogP contribution in [0.5, 0.6) is 0 Å². The fourth-order valence-corrected chi connectivity index (χ4v) is 4.16. The molecule has 1 atom stereocenters. The first-order valence-electron chi connectivity index (χ1n) is 7.28. The average Bonchev–Trinajstić information content (AvgIpc) is 3.17. The Morgan fingerprint density at radius 2 is 2.29 bits per heavy atom. The van der Waals surface area contributed by atoms with Crippen molar-refractivity contribution < 1.29 is 4.79 Å².